The maximum atomic E-state index is 12.6. The molecule has 1 aromatic rings. The van der Waals surface area contributed by atoms with E-state index in [1.807, 2.05) is 11.9 Å². The van der Waals surface area contributed by atoms with E-state index in [4.69, 9.17) is 4.74 Å². The number of amides is 1. The number of aromatic nitrogens is 2. The smallest absolute Gasteiger partial charge is 0.257 e. The largest absolute Gasteiger partial charge is 0.381 e. The molecule has 1 aromatic heterocycles. The Balaban J connectivity index is 1.28. The number of likely N-dealkylation sites (tertiary alicyclic amines) is 2. The highest BCUT2D eigenvalue weighted by molar-refractivity contribution is 5.94. The van der Waals surface area contributed by atoms with Gasteiger partial charge in [-0.05, 0) is 51.1 Å². The van der Waals surface area contributed by atoms with Gasteiger partial charge in [0.15, 0.2) is 0 Å². The van der Waals surface area contributed by atoms with Gasteiger partial charge >= 0.3 is 0 Å². The highest BCUT2D eigenvalue weighted by atomic mass is 16.5. The van der Waals surface area contributed by atoms with Gasteiger partial charge in [-0.25, -0.2) is 0 Å². The molecule has 1 spiro atoms. The van der Waals surface area contributed by atoms with Crippen molar-refractivity contribution in [1.82, 2.24) is 19.6 Å². The molecule has 1 amide bonds. The molecule has 6 nitrogen and oxygen atoms in total. The summed E-state index contributed by atoms with van der Waals surface area (Å²) < 4.78 is 7.78. The van der Waals surface area contributed by atoms with Crippen molar-refractivity contribution in [3.8, 4) is 0 Å². The Bertz CT molecular complexity index is 632. The molecule has 3 aliphatic rings. The first-order chi connectivity index (χ1) is 12.6. The first-order valence-electron chi connectivity index (χ1n) is 10.1. The molecule has 0 unspecified atom stereocenters. The van der Waals surface area contributed by atoms with Crippen LogP contribution in [0.1, 0.15) is 48.9 Å². The molecule has 3 fully saturated rings. The molecule has 26 heavy (non-hydrogen) atoms. The molecule has 0 radical (unpaired) electrons. The summed E-state index contributed by atoms with van der Waals surface area (Å²) in [5.74, 6) is 1.53. The summed E-state index contributed by atoms with van der Waals surface area (Å²) in [6.45, 7) is 4.60. The fraction of sp³-hybridized carbons (Fsp3) is 0.800. The Morgan fingerprint density at radius 2 is 1.92 bits per heavy atom. The summed E-state index contributed by atoms with van der Waals surface area (Å²) in [6.07, 6.45) is 11.3. The molecule has 2 saturated heterocycles. The fourth-order valence-corrected chi connectivity index (χ4v) is 5.02. The molecule has 0 N–H and O–H groups in total. The average molecular weight is 361 g/mol. The third kappa shape index (κ3) is 3.54. The lowest BCUT2D eigenvalue weighted by Gasteiger charge is -2.58. The van der Waals surface area contributed by atoms with E-state index in [0.29, 0.717) is 11.5 Å². The molecule has 144 valence electrons. The summed E-state index contributed by atoms with van der Waals surface area (Å²) >= 11 is 0. The predicted octanol–water partition coefficient (Wildman–Crippen LogP) is 2.16. The Morgan fingerprint density at radius 3 is 2.62 bits per heavy atom. The number of aryl methyl sites for hydroxylation is 1. The Labute approximate surface area is 156 Å². The molecule has 4 rings (SSSR count). The number of ether oxygens (including phenoxy) is 1. The van der Waals surface area contributed by atoms with Gasteiger partial charge in [-0.1, -0.05) is 12.8 Å². The molecule has 2 aliphatic heterocycles. The van der Waals surface area contributed by atoms with Crippen LogP contribution in [0.25, 0.3) is 0 Å². The van der Waals surface area contributed by atoms with Crippen molar-refractivity contribution in [3.05, 3.63) is 18.0 Å². The first-order valence-corrected chi connectivity index (χ1v) is 10.1. The lowest BCUT2D eigenvalue weighted by atomic mass is 9.75. The lowest BCUT2D eigenvalue weighted by Crippen LogP contribution is -2.72. The van der Waals surface area contributed by atoms with Gasteiger partial charge in [-0.3, -0.25) is 14.4 Å². The monoisotopic (exact) mass is 360 g/mol. The highest BCUT2D eigenvalue weighted by Gasteiger charge is 2.51. The van der Waals surface area contributed by atoms with E-state index >= 15 is 0 Å². The second-order valence-corrected chi connectivity index (χ2v) is 8.76. The van der Waals surface area contributed by atoms with E-state index in [1.165, 1.54) is 32.1 Å². The van der Waals surface area contributed by atoms with Crippen molar-refractivity contribution < 1.29 is 9.53 Å². The number of hydrogen-bond acceptors (Lipinski definition) is 4. The van der Waals surface area contributed by atoms with Crippen LogP contribution < -0.4 is 0 Å². The van der Waals surface area contributed by atoms with E-state index in [-0.39, 0.29) is 11.4 Å². The Morgan fingerprint density at radius 1 is 1.19 bits per heavy atom. The maximum absolute atomic E-state index is 12.6. The minimum Gasteiger partial charge on any atom is -0.381 e. The van der Waals surface area contributed by atoms with E-state index < -0.39 is 0 Å². The second-order valence-electron chi connectivity index (χ2n) is 8.76. The van der Waals surface area contributed by atoms with Crippen molar-refractivity contribution in [2.45, 2.75) is 44.1 Å². The molecular weight excluding hydrogens is 328 g/mol. The van der Waals surface area contributed by atoms with Crippen molar-refractivity contribution in [2.75, 3.05) is 39.9 Å². The molecule has 1 aliphatic carbocycles. The van der Waals surface area contributed by atoms with E-state index in [2.05, 4.69) is 17.0 Å². The Kier molecular flexibility index (Phi) is 5.06. The lowest BCUT2D eigenvalue weighted by molar-refractivity contribution is -0.0771. The zero-order valence-corrected chi connectivity index (χ0v) is 16.2. The van der Waals surface area contributed by atoms with Crippen LogP contribution >= 0.6 is 0 Å². The van der Waals surface area contributed by atoms with Gasteiger partial charge < -0.3 is 9.64 Å². The maximum Gasteiger partial charge on any atom is 0.257 e. The Hall–Kier alpha value is -1.40. The number of piperidine rings is 1. The number of likely N-dealkylation sites (N-methyl/N-ethyl adjacent to an activating group) is 1. The number of carbonyl (C=O) groups is 1. The third-order valence-electron chi connectivity index (χ3n) is 6.74. The predicted molar refractivity (Wildman–Crippen MR) is 100.0 cm³/mol. The molecule has 1 saturated carbocycles. The molecule has 1 atom stereocenters. The zero-order chi connectivity index (χ0) is 18.1. The summed E-state index contributed by atoms with van der Waals surface area (Å²) in [5.41, 5.74) is 0.842. The number of nitrogens with zero attached hydrogens (tertiary/aromatic N) is 4. The van der Waals surface area contributed by atoms with Crippen molar-refractivity contribution >= 4 is 5.91 Å². The van der Waals surface area contributed by atoms with Crippen molar-refractivity contribution in [1.29, 1.82) is 0 Å². The quantitative estimate of drug-likeness (QED) is 0.807. The van der Waals surface area contributed by atoms with Crippen LogP contribution in [-0.2, 0) is 11.8 Å². The van der Waals surface area contributed by atoms with Crippen molar-refractivity contribution in [2.24, 2.45) is 18.9 Å². The number of carbonyl (C=O) groups excluding carboxylic acids is 1. The van der Waals surface area contributed by atoms with Gasteiger partial charge in [0.25, 0.3) is 5.91 Å². The average Bonchev–Trinajstić information content (AvgIpc) is 3.25. The standard InChI is InChI=1S/C20H32N4O2/c1-22-8-7-17(13-26-12-16-5-3-4-6-16)9-20(22)14-24(15-20)19(25)18-10-21-23(2)11-18/h10-11,16-17H,3-9,12-15H2,1-2H3/t17-/m1/s1. The van der Waals surface area contributed by atoms with Crippen LogP contribution in [0.4, 0.5) is 0 Å². The molecule has 3 heterocycles. The number of hydrogen-bond donors (Lipinski definition) is 0. The van der Waals surface area contributed by atoms with E-state index in [9.17, 15) is 4.79 Å². The second kappa shape index (κ2) is 7.31. The third-order valence-corrected chi connectivity index (χ3v) is 6.74. The molecular formula is C20H32N4O2. The van der Waals surface area contributed by atoms with Gasteiger partial charge in [0.1, 0.15) is 0 Å². The van der Waals surface area contributed by atoms with Crippen LogP contribution in [0.2, 0.25) is 0 Å². The minimum atomic E-state index is 0.108. The van der Waals surface area contributed by atoms with Gasteiger partial charge in [-0.2, -0.15) is 5.10 Å². The summed E-state index contributed by atoms with van der Waals surface area (Å²) in [6, 6.07) is 0. The SMILES string of the molecule is CN1CC[C@@H](COCC2CCCC2)CC12CN(C(=O)c1cnn(C)c1)C2. The van der Waals surface area contributed by atoms with Crippen LogP contribution in [0, 0.1) is 11.8 Å². The van der Waals surface area contributed by atoms with Gasteiger partial charge in [-0.15, -0.1) is 0 Å². The van der Waals surface area contributed by atoms with Crippen LogP contribution in [0.15, 0.2) is 12.4 Å². The van der Waals surface area contributed by atoms with Gasteiger partial charge in [0.05, 0.1) is 17.3 Å². The van der Waals surface area contributed by atoms with Crippen LogP contribution in [0.3, 0.4) is 0 Å². The van der Waals surface area contributed by atoms with Gasteiger partial charge in [0, 0.05) is 39.5 Å². The molecule has 0 bridgehead atoms. The molecule has 0 aromatic carbocycles. The number of rotatable bonds is 5. The molecule has 6 heteroatoms. The zero-order valence-electron chi connectivity index (χ0n) is 16.2. The minimum absolute atomic E-state index is 0.108. The highest BCUT2D eigenvalue weighted by Crippen LogP contribution is 2.39. The topological polar surface area (TPSA) is 50.6 Å². The van der Waals surface area contributed by atoms with Crippen molar-refractivity contribution in [3.63, 3.8) is 0 Å². The van der Waals surface area contributed by atoms with Crippen LogP contribution in [0.5, 0.6) is 0 Å². The van der Waals surface area contributed by atoms with Crippen LogP contribution in [-0.4, -0.2) is 70.9 Å². The fourth-order valence-electron chi connectivity index (χ4n) is 5.02. The van der Waals surface area contributed by atoms with E-state index in [1.54, 1.807) is 17.1 Å². The summed E-state index contributed by atoms with van der Waals surface area (Å²) in [7, 11) is 4.06. The summed E-state index contributed by atoms with van der Waals surface area (Å²) in [5, 5.41) is 4.12. The van der Waals surface area contributed by atoms with E-state index in [0.717, 1.165) is 45.2 Å². The normalized spacial score (nSPS) is 26.4. The summed E-state index contributed by atoms with van der Waals surface area (Å²) in [4.78, 5) is 17.0. The van der Waals surface area contributed by atoms with Gasteiger partial charge in [0.2, 0.25) is 0 Å². The first kappa shape index (κ1) is 18.0.